The Hall–Kier alpha value is -4.07. The second kappa shape index (κ2) is 12.6. The van der Waals surface area contributed by atoms with Crippen molar-refractivity contribution in [2.75, 3.05) is 14.2 Å². The van der Waals surface area contributed by atoms with E-state index in [2.05, 4.69) is 17.0 Å². The number of nitrogens with zero attached hydrogens (tertiary/aromatic N) is 2. The number of carbonyl (C=O) groups is 1. The van der Waals surface area contributed by atoms with E-state index in [-0.39, 0.29) is 35.6 Å². The van der Waals surface area contributed by atoms with E-state index < -0.39 is 0 Å². The van der Waals surface area contributed by atoms with Crippen molar-refractivity contribution in [1.82, 2.24) is 9.47 Å². The molecule has 0 atom stereocenters. The molecule has 2 heterocycles. The van der Waals surface area contributed by atoms with Crippen molar-refractivity contribution in [3.8, 4) is 16.2 Å². The lowest BCUT2D eigenvalue weighted by molar-refractivity contribution is 0.0980. The van der Waals surface area contributed by atoms with Gasteiger partial charge in [-0.15, -0.1) is 11.3 Å². The summed E-state index contributed by atoms with van der Waals surface area (Å²) in [7, 11) is 3.65. The number of Topliss-reactive ketones (excluding diaryl/α,β-unsaturated/α-hetero) is 1. The maximum absolute atomic E-state index is 14.8. The normalized spacial score (nSPS) is 11.3. The number of fused-ring (bicyclic) bond motifs is 1. The lowest BCUT2D eigenvalue weighted by Crippen LogP contribution is -2.22. The molecule has 0 aliphatic carbocycles. The fourth-order valence-corrected chi connectivity index (χ4v) is 6.42. The van der Waals surface area contributed by atoms with E-state index in [1.807, 2.05) is 61.0 Å². The molecule has 5 aromatic rings. The lowest BCUT2D eigenvalue weighted by atomic mass is 10.0. The van der Waals surface area contributed by atoms with Crippen LogP contribution in [0, 0.1) is 5.82 Å². The number of hydrogen-bond donors (Lipinski definition) is 0. The van der Waals surface area contributed by atoms with Gasteiger partial charge >= 0.3 is 0 Å². The number of pyridine rings is 1. The summed E-state index contributed by atoms with van der Waals surface area (Å²) >= 11 is 1.50. The molecule has 5 rings (SSSR count). The minimum atomic E-state index is -0.324. The second-order valence-corrected chi connectivity index (χ2v) is 11.2. The molecule has 0 spiro atoms. The Labute approximate surface area is 243 Å². The Bertz CT molecular complexity index is 1730. The van der Waals surface area contributed by atoms with Crippen LogP contribution in [-0.4, -0.2) is 29.4 Å². The number of ketones is 1. The van der Waals surface area contributed by atoms with Crippen molar-refractivity contribution in [2.45, 2.75) is 39.4 Å². The minimum Gasteiger partial charge on any atom is -0.497 e. The molecule has 0 saturated carbocycles. The van der Waals surface area contributed by atoms with Crippen LogP contribution < -0.4 is 10.2 Å². The van der Waals surface area contributed by atoms with Crippen molar-refractivity contribution in [1.29, 1.82) is 0 Å². The van der Waals surface area contributed by atoms with Crippen molar-refractivity contribution >= 4 is 27.3 Å². The van der Waals surface area contributed by atoms with E-state index in [4.69, 9.17) is 4.74 Å². The molecule has 0 fully saturated rings. The average molecular weight is 569 g/mol. The fourth-order valence-electron chi connectivity index (χ4n) is 5.13. The predicted molar refractivity (Wildman–Crippen MR) is 164 cm³/mol. The number of methoxy groups -OCH3 is 1. The Kier molecular flexibility index (Phi) is 8.76. The number of halogens is 1. The first-order valence-electron chi connectivity index (χ1n) is 13.7. The predicted octanol–water partition coefficient (Wildman–Crippen LogP) is 7.54. The van der Waals surface area contributed by atoms with Gasteiger partial charge in [0, 0.05) is 36.1 Å². The number of carbonyl (C=O) groups excluding carboxylic acids is 1. The van der Waals surface area contributed by atoms with Crippen LogP contribution in [0.5, 0.6) is 5.75 Å². The average Bonchev–Trinajstić information content (AvgIpc) is 3.35. The molecule has 210 valence electrons. The van der Waals surface area contributed by atoms with Gasteiger partial charge in [-0.1, -0.05) is 55.5 Å². The quantitative estimate of drug-likeness (QED) is 0.155. The summed E-state index contributed by atoms with van der Waals surface area (Å²) in [6, 6.07) is 24.6. The third-order valence-corrected chi connectivity index (χ3v) is 8.48. The largest absolute Gasteiger partial charge is 0.497 e. The molecule has 2 aromatic heterocycles. The van der Waals surface area contributed by atoms with E-state index >= 15 is 0 Å². The zero-order valence-electron chi connectivity index (χ0n) is 23.5. The Morgan fingerprint density at radius 1 is 0.976 bits per heavy atom. The van der Waals surface area contributed by atoms with Gasteiger partial charge in [0.2, 0.25) is 5.43 Å². The molecule has 0 radical (unpaired) electrons. The van der Waals surface area contributed by atoms with Crippen LogP contribution in [0.15, 0.2) is 89.9 Å². The molecule has 3 aromatic carbocycles. The van der Waals surface area contributed by atoms with Gasteiger partial charge in [-0.25, -0.2) is 4.39 Å². The molecule has 0 amide bonds. The van der Waals surface area contributed by atoms with E-state index in [1.165, 1.54) is 17.4 Å². The molecule has 41 heavy (non-hydrogen) atoms. The smallest absolute Gasteiger partial charge is 0.201 e. The number of aromatic nitrogens is 1. The van der Waals surface area contributed by atoms with Crippen molar-refractivity contribution < 1.29 is 13.9 Å². The topological polar surface area (TPSA) is 51.5 Å². The molecule has 0 unspecified atom stereocenters. The van der Waals surface area contributed by atoms with Crippen LogP contribution in [0.25, 0.3) is 20.7 Å². The van der Waals surface area contributed by atoms with Crippen molar-refractivity contribution in [3.05, 3.63) is 123 Å². The highest BCUT2D eigenvalue weighted by molar-refractivity contribution is 7.22. The Morgan fingerprint density at radius 2 is 1.68 bits per heavy atom. The summed E-state index contributed by atoms with van der Waals surface area (Å²) in [6.45, 7) is 3.32. The maximum Gasteiger partial charge on any atom is 0.201 e. The van der Waals surface area contributed by atoms with Crippen LogP contribution in [0.4, 0.5) is 4.39 Å². The van der Waals surface area contributed by atoms with E-state index in [9.17, 15) is 14.0 Å². The van der Waals surface area contributed by atoms with Gasteiger partial charge in [-0.05, 0) is 60.5 Å². The molecular weight excluding hydrogens is 535 g/mol. The third kappa shape index (κ3) is 6.16. The molecule has 5 nitrogen and oxygen atoms in total. The van der Waals surface area contributed by atoms with Crippen LogP contribution in [0.3, 0.4) is 0 Å². The molecular formula is C34H33FN2O3S. The number of ether oxygens (including phenoxy) is 1. The van der Waals surface area contributed by atoms with Gasteiger partial charge in [0.05, 0.1) is 24.6 Å². The van der Waals surface area contributed by atoms with E-state index in [1.54, 1.807) is 31.5 Å². The van der Waals surface area contributed by atoms with E-state index in [0.29, 0.717) is 30.5 Å². The van der Waals surface area contributed by atoms with Crippen LogP contribution in [0.2, 0.25) is 0 Å². The molecule has 7 heteroatoms. The van der Waals surface area contributed by atoms with Crippen LogP contribution in [0.1, 0.15) is 46.8 Å². The Balaban J connectivity index is 1.73. The first-order chi connectivity index (χ1) is 19.9. The van der Waals surface area contributed by atoms with Gasteiger partial charge in [-0.3, -0.25) is 14.5 Å². The summed E-state index contributed by atoms with van der Waals surface area (Å²) in [5.74, 6) is 0.224. The highest BCUT2D eigenvalue weighted by Crippen LogP contribution is 2.39. The summed E-state index contributed by atoms with van der Waals surface area (Å²) in [5, 5.41) is 0.527. The van der Waals surface area contributed by atoms with Crippen molar-refractivity contribution in [3.63, 3.8) is 0 Å². The highest BCUT2D eigenvalue weighted by Gasteiger charge is 2.24. The number of thiophene rings is 1. The van der Waals surface area contributed by atoms with Gasteiger partial charge in [0.15, 0.2) is 5.78 Å². The number of rotatable bonds is 11. The molecule has 0 saturated heterocycles. The first kappa shape index (κ1) is 28.5. The zero-order valence-corrected chi connectivity index (χ0v) is 24.3. The van der Waals surface area contributed by atoms with Gasteiger partial charge in [0.25, 0.3) is 0 Å². The van der Waals surface area contributed by atoms with Gasteiger partial charge in [0.1, 0.15) is 16.4 Å². The van der Waals surface area contributed by atoms with Gasteiger partial charge < -0.3 is 9.30 Å². The SMILES string of the molecule is CCCC(=O)c1cn(Cc2ccccc2F)c2sc(-c3ccc(OC)cc3)c(CN(C)Cc3ccccc3)c2c1=O. The Morgan fingerprint density at radius 3 is 2.37 bits per heavy atom. The fraction of sp³-hybridized carbons (Fsp3) is 0.235. The summed E-state index contributed by atoms with van der Waals surface area (Å²) < 4.78 is 22.0. The lowest BCUT2D eigenvalue weighted by Gasteiger charge is -2.18. The summed E-state index contributed by atoms with van der Waals surface area (Å²) in [4.78, 5) is 31.1. The van der Waals surface area contributed by atoms with Crippen molar-refractivity contribution in [2.24, 2.45) is 0 Å². The van der Waals surface area contributed by atoms with Gasteiger partial charge in [-0.2, -0.15) is 0 Å². The second-order valence-electron chi connectivity index (χ2n) is 10.2. The third-order valence-electron chi connectivity index (χ3n) is 7.16. The van der Waals surface area contributed by atoms with Crippen LogP contribution in [-0.2, 0) is 19.6 Å². The first-order valence-corrected chi connectivity index (χ1v) is 14.5. The molecule has 0 bridgehead atoms. The van der Waals surface area contributed by atoms with Crippen LogP contribution >= 0.6 is 11.3 Å². The van der Waals surface area contributed by atoms with E-state index in [0.717, 1.165) is 32.1 Å². The molecule has 0 N–H and O–H groups in total. The summed E-state index contributed by atoms with van der Waals surface area (Å²) in [5.41, 5.74) is 3.37. The molecule has 0 aliphatic rings. The zero-order chi connectivity index (χ0) is 28.9. The maximum atomic E-state index is 14.8. The highest BCUT2D eigenvalue weighted by atomic mass is 32.1. The monoisotopic (exact) mass is 568 g/mol. The molecule has 0 aliphatic heterocycles. The number of hydrogen-bond acceptors (Lipinski definition) is 5. The minimum absolute atomic E-state index is 0.154. The summed E-state index contributed by atoms with van der Waals surface area (Å²) in [6.07, 6.45) is 2.54. The standard InChI is InChI=1S/C34H33FN2O3S/c1-4-10-30(38)27-22-37(20-25-13-8-9-14-29(25)35)34-31(32(27)39)28(21-36(2)19-23-11-6-5-7-12-23)33(41-34)24-15-17-26(40-3)18-16-24/h5-9,11-18,22H,4,10,19-21H2,1-3H3. The number of benzene rings is 3.